The van der Waals surface area contributed by atoms with E-state index in [4.69, 9.17) is 10.5 Å². The maximum atomic E-state index is 6.27. The van der Waals surface area contributed by atoms with E-state index in [0.717, 1.165) is 32.0 Å². The van der Waals surface area contributed by atoms with Gasteiger partial charge in [-0.3, -0.25) is 0 Å². The van der Waals surface area contributed by atoms with Gasteiger partial charge in [0.05, 0.1) is 0 Å². The average Bonchev–Trinajstić information content (AvgIpc) is 2.04. The number of rotatable bonds is 4. The van der Waals surface area contributed by atoms with Crippen molar-refractivity contribution < 1.29 is 4.74 Å². The molecule has 0 aromatic rings. The molecule has 78 valence electrons. The van der Waals surface area contributed by atoms with Crippen molar-refractivity contribution in [3.05, 3.63) is 0 Å². The van der Waals surface area contributed by atoms with Crippen LogP contribution in [0, 0.1) is 5.92 Å². The van der Waals surface area contributed by atoms with Crippen LogP contribution in [0.15, 0.2) is 0 Å². The zero-order valence-corrected chi connectivity index (χ0v) is 9.01. The molecule has 1 saturated heterocycles. The van der Waals surface area contributed by atoms with E-state index in [2.05, 4.69) is 13.8 Å². The van der Waals surface area contributed by atoms with Crippen LogP contribution in [0.4, 0.5) is 0 Å². The summed E-state index contributed by atoms with van der Waals surface area (Å²) >= 11 is 0. The molecular weight excluding hydrogens is 162 g/mol. The number of ether oxygens (including phenoxy) is 1. The summed E-state index contributed by atoms with van der Waals surface area (Å²) in [6.07, 6.45) is 5.85. The Balaban J connectivity index is 2.17. The first-order valence-electron chi connectivity index (χ1n) is 5.49. The fourth-order valence-electron chi connectivity index (χ4n) is 1.89. The molecule has 2 N–H and O–H groups in total. The SMILES string of the molecule is CC(C)CCCC1(N)CCOCC1. The van der Waals surface area contributed by atoms with Gasteiger partial charge in [-0.15, -0.1) is 0 Å². The van der Waals surface area contributed by atoms with Gasteiger partial charge in [-0.05, 0) is 25.2 Å². The molecule has 1 aliphatic rings. The quantitative estimate of drug-likeness (QED) is 0.729. The summed E-state index contributed by atoms with van der Waals surface area (Å²) in [5, 5.41) is 0. The van der Waals surface area contributed by atoms with Gasteiger partial charge in [0.2, 0.25) is 0 Å². The topological polar surface area (TPSA) is 35.2 Å². The second kappa shape index (κ2) is 4.97. The molecule has 0 atom stereocenters. The Bertz CT molecular complexity index is 139. The van der Waals surface area contributed by atoms with Crippen molar-refractivity contribution in [2.75, 3.05) is 13.2 Å². The monoisotopic (exact) mass is 185 g/mol. The van der Waals surface area contributed by atoms with Crippen molar-refractivity contribution in [2.24, 2.45) is 11.7 Å². The fraction of sp³-hybridized carbons (Fsp3) is 1.00. The molecule has 13 heavy (non-hydrogen) atoms. The Hall–Kier alpha value is -0.0800. The first-order valence-corrected chi connectivity index (χ1v) is 5.49. The highest BCUT2D eigenvalue weighted by Crippen LogP contribution is 2.24. The van der Waals surface area contributed by atoms with E-state index < -0.39 is 0 Å². The third-order valence-electron chi connectivity index (χ3n) is 2.94. The Morgan fingerprint density at radius 1 is 1.31 bits per heavy atom. The average molecular weight is 185 g/mol. The third kappa shape index (κ3) is 4.10. The van der Waals surface area contributed by atoms with Crippen LogP contribution in [0.25, 0.3) is 0 Å². The van der Waals surface area contributed by atoms with Gasteiger partial charge >= 0.3 is 0 Å². The standard InChI is InChI=1S/C11H23NO/c1-10(2)4-3-5-11(12)6-8-13-9-7-11/h10H,3-9,12H2,1-2H3. The summed E-state index contributed by atoms with van der Waals surface area (Å²) < 4.78 is 5.31. The Morgan fingerprint density at radius 3 is 2.46 bits per heavy atom. The van der Waals surface area contributed by atoms with Gasteiger partial charge in [0, 0.05) is 18.8 Å². The molecule has 1 heterocycles. The lowest BCUT2D eigenvalue weighted by Crippen LogP contribution is -2.44. The third-order valence-corrected chi connectivity index (χ3v) is 2.94. The lowest BCUT2D eigenvalue weighted by Gasteiger charge is -2.33. The second-order valence-corrected chi connectivity index (χ2v) is 4.76. The first-order chi connectivity index (χ1) is 6.12. The van der Waals surface area contributed by atoms with E-state index in [1.165, 1.54) is 19.3 Å². The van der Waals surface area contributed by atoms with Crippen LogP contribution in [0.3, 0.4) is 0 Å². The molecule has 0 aromatic carbocycles. The second-order valence-electron chi connectivity index (χ2n) is 4.76. The van der Waals surface area contributed by atoms with Crippen LogP contribution in [-0.2, 0) is 4.74 Å². The fourth-order valence-corrected chi connectivity index (χ4v) is 1.89. The molecule has 0 aliphatic carbocycles. The van der Waals surface area contributed by atoms with Crippen molar-refractivity contribution >= 4 is 0 Å². The minimum absolute atomic E-state index is 0.0904. The first kappa shape index (κ1) is 11.0. The van der Waals surface area contributed by atoms with E-state index >= 15 is 0 Å². The molecule has 2 nitrogen and oxygen atoms in total. The van der Waals surface area contributed by atoms with Crippen molar-refractivity contribution in [3.8, 4) is 0 Å². The maximum absolute atomic E-state index is 6.27. The van der Waals surface area contributed by atoms with Gasteiger partial charge in [-0.25, -0.2) is 0 Å². The molecule has 1 rings (SSSR count). The van der Waals surface area contributed by atoms with Gasteiger partial charge in [0.25, 0.3) is 0 Å². The molecule has 0 spiro atoms. The Morgan fingerprint density at radius 2 is 1.92 bits per heavy atom. The molecule has 1 fully saturated rings. The minimum Gasteiger partial charge on any atom is -0.381 e. The molecule has 0 aromatic heterocycles. The van der Waals surface area contributed by atoms with E-state index in [0.29, 0.717) is 0 Å². The zero-order valence-electron chi connectivity index (χ0n) is 9.01. The molecular formula is C11H23NO. The van der Waals surface area contributed by atoms with Crippen molar-refractivity contribution in [3.63, 3.8) is 0 Å². The van der Waals surface area contributed by atoms with E-state index in [1.54, 1.807) is 0 Å². The summed E-state index contributed by atoms with van der Waals surface area (Å²) in [7, 11) is 0. The van der Waals surface area contributed by atoms with Gasteiger partial charge < -0.3 is 10.5 Å². The highest BCUT2D eigenvalue weighted by atomic mass is 16.5. The lowest BCUT2D eigenvalue weighted by atomic mass is 9.85. The number of nitrogens with two attached hydrogens (primary N) is 1. The molecule has 0 unspecified atom stereocenters. The molecule has 1 aliphatic heterocycles. The van der Waals surface area contributed by atoms with Crippen molar-refractivity contribution in [1.82, 2.24) is 0 Å². The summed E-state index contributed by atoms with van der Waals surface area (Å²) in [6.45, 7) is 6.26. The van der Waals surface area contributed by atoms with Gasteiger partial charge in [0.15, 0.2) is 0 Å². The maximum Gasteiger partial charge on any atom is 0.0483 e. The Labute approximate surface area is 81.8 Å². The van der Waals surface area contributed by atoms with E-state index in [-0.39, 0.29) is 5.54 Å². The molecule has 0 saturated carbocycles. The molecule has 0 bridgehead atoms. The molecule has 0 amide bonds. The van der Waals surface area contributed by atoms with Crippen LogP contribution in [0.1, 0.15) is 46.0 Å². The van der Waals surface area contributed by atoms with Crippen LogP contribution >= 0.6 is 0 Å². The van der Waals surface area contributed by atoms with Crippen LogP contribution < -0.4 is 5.73 Å². The summed E-state index contributed by atoms with van der Waals surface area (Å²) in [6, 6.07) is 0. The van der Waals surface area contributed by atoms with E-state index in [9.17, 15) is 0 Å². The summed E-state index contributed by atoms with van der Waals surface area (Å²) in [5.41, 5.74) is 6.36. The highest BCUT2D eigenvalue weighted by molar-refractivity contribution is 4.86. The molecule has 0 radical (unpaired) electrons. The predicted molar refractivity (Wildman–Crippen MR) is 55.7 cm³/mol. The number of hydrogen-bond donors (Lipinski definition) is 1. The summed E-state index contributed by atoms with van der Waals surface area (Å²) in [5.74, 6) is 0.809. The minimum atomic E-state index is 0.0904. The van der Waals surface area contributed by atoms with Gasteiger partial charge in [-0.1, -0.05) is 26.7 Å². The van der Waals surface area contributed by atoms with Crippen LogP contribution in [-0.4, -0.2) is 18.8 Å². The number of hydrogen-bond acceptors (Lipinski definition) is 2. The summed E-state index contributed by atoms with van der Waals surface area (Å²) in [4.78, 5) is 0. The Kier molecular flexibility index (Phi) is 4.20. The van der Waals surface area contributed by atoms with Crippen LogP contribution in [0.2, 0.25) is 0 Å². The van der Waals surface area contributed by atoms with Gasteiger partial charge in [-0.2, -0.15) is 0 Å². The normalized spacial score (nSPS) is 22.2. The van der Waals surface area contributed by atoms with E-state index in [1.807, 2.05) is 0 Å². The lowest BCUT2D eigenvalue weighted by molar-refractivity contribution is 0.0490. The van der Waals surface area contributed by atoms with Crippen molar-refractivity contribution in [2.45, 2.75) is 51.5 Å². The zero-order chi connectivity index (χ0) is 9.73. The smallest absolute Gasteiger partial charge is 0.0483 e. The predicted octanol–water partition coefficient (Wildman–Crippen LogP) is 2.32. The van der Waals surface area contributed by atoms with Crippen molar-refractivity contribution in [1.29, 1.82) is 0 Å². The highest BCUT2D eigenvalue weighted by Gasteiger charge is 2.26. The van der Waals surface area contributed by atoms with Crippen LogP contribution in [0.5, 0.6) is 0 Å². The van der Waals surface area contributed by atoms with Gasteiger partial charge in [0.1, 0.15) is 0 Å². The molecule has 2 heteroatoms. The largest absolute Gasteiger partial charge is 0.381 e.